The molecule has 0 fully saturated rings. The van der Waals surface area contributed by atoms with Gasteiger partial charge in [0.25, 0.3) is 5.97 Å². The van der Waals surface area contributed by atoms with E-state index in [0.29, 0.717) is 0 Å². The number of carboxylic acids is 1. The first kappa shape index (κ1) is 49.0. The van der Waals surface area contributed by atoms with Crippen molar-refractivity contribution in [2.75, 3.05) is 67.4 Å². The molecule has 6 N–H and O–H groups in total. The average molecular weight is 719 g/mol. The summed E-state index contributed by atoms with van der Waals surface area (Å²) in [6, 6.07) is 0. The van der Waals surface area contributed by atoms with Gasteiger partial charge in [-0.3, -0.25) is 27.6 Å². The van der Waals surface area contributed by atoms with Gasteiger partial charge in [-0.15, -0.1) is 0 Å². The Kier molecular flexibility index (Phi) is 28.7. The van der Waals surface area contributed by atoms with Crippen LogP contribution in [-0.2, 0) is 40.2 Å². The second-order valence-corrected chi connectivity index (χ2v) is 11.4. The van der Waals surface area contributed by atoms with Gasteiger partial charge in [-0.1, -0.05) is 0 Å². The molecular weight excluding hydrogens is 668 g/mol. The van der Waals surface area contributed by atoms with E-state index in [4.69, 9.17) is 49.5 Å². The van der Waals surface area contributed by atoms with Crippen LogP contribution >= 0.6 is 0 Å². The molecule has 0 aromatic heterocycles. The highest BCUT2D eigenvalue weighted by Gasteiger charge is 2.05. The molecule has 0 aromatic carbocycles. The van der Waals surface area contributed by atoms with Crippen molar-refractivity contribution in [3.8, 4) is 0 Å². The Morgan fingerprint density at radius 3 is 0.844 bits per heavy atom. The van der Waals surface area contributed by atoms with Gasteiger partial charge < -0.3 is 34.5 Å². The topological polar surface area (TPSA) is 270 Å². The molecule has 3 rings (SSSR count). The molecule has 45 heavy (non-hydrogen) atoms. The summed E-state index contributed by atoms with van der Waals surface area (Å²) in [6.07, 6.45) is 12.6. The van der Waals surface area contributed by atoms with Gasteiger partial charge in [0.2, 0.25) is 0 Å². The number of nitrogens with zero attached hydrogens (tertiary/aromatic N) is 6. The second-order valence-electron chi connectivity index (χ2n) is 8.55. The Bertz CT molecular complexity index is 1070. The predicted octanol–water partition coefficient (Wildman–Crippen LogP) is 0.658. The standard InChI is InChI=1S/3C6H12N2.C2H6O4S.C2H4O2.2H2O4S/c3*1-3-8-5-4-7(2)6-8;1-2-6-7(3,4)5;1-2(3)4;2*1-5(2,3)4/h3*4-5H,3,6H2,1-2H3;2H2,1H3,(H,3,4,5);1H3,(H,3,4);2*(H2,1,2,3,4). The molecule has 20 nitrogen and oxygen atoms in total. The molecule has 3 aliphatic heterocycles. The lowest BCUT2D eigenvalue weighted by atomic mass is 10.6. The first-order valence-electron chi connectivity index (χ1n) is 12.9. The van der Waals surface area contributed by atoms with Crippen molar-refractivity contribution in [2.45, 2.75) is 34.6 Å². The normalized spacial score (nSPS) is 14.7. The molecule has 0 bridgehead atoms. The smallest absolute Gasteiger partial charge is 0.397 e. The Morgan fingerprint density at radius 2 is 0.800 bits per heavy atom. The van der Waals surface area contributed by atoms with Gasteiger partial charge in [-0.05, 0) is 27.7 Å². The van der Waals surface area contributed by atoms with Gasteiger partial charge in [0.05, 0.1) is 26.6 Å². The van der Waals surface area contributed by atoms with Crippen LogP contribution in [0, 0.1) is 0 Å². The summed E-state index contributed by atoms with van der Waals surface area (Å²) in [5.41, 5.74) is 0. The minimum atomic E-state index is -4.67. The Balaban J connectivity index is -0.000000221. The molecule has 0 atom stereocenters. The summed E-state index contributed by atoms with van der Waals surface area (Å²) in [6.45, 7) is 15.5. The summed E-state index contributed by atoms with van der Waals surface area (Å²) < 4.78 is 93.8. The zero-order valence-electron chi connectivity index (χ0n) is 26.8. The highest BCUT2D eigenvalue weighted by molar-refractivity contribution is 7.81. The van der Waals surface area contributed by atoms with Crippen molar-refractivity contribution in [2.24, 2.45) is 0 Å². The van der Waals surface area contributed by atoms with Crippen LogP contribution in [0.3, 0.4) is 0 Å². The van der Waals surface area contributed by atoms with Crippen molar-refractivity contribution in [1.29, 1.82) is 0 Å². The highest BCUT2D eigenvalue weighted by Crippen LogP contribution is 2.02. The number of aliphatic carboxylic acids is 1. The van der Waals surface area contributed by atoms with Crippen molar-refractivity contribution in [3.05, 3.63) is 37.2 Å². The summed E-state index contributed by atoms with van der Waals surface area (Å²) in [5.74, 6) is -0.833. The molecule has 3 aliphatic rings. The summed E-state index contributed by atoms with van der Waals surface area (Å²) in [7, 11) is -7.28. The summed E-state index contributed by atoms with van der Waals surface area (Å²) in [5, 5.41) is 7.42. The number of rotatable bonds is 5. The van der Waals surface area contributed by atoms with Crippen molar-refractivity contribution in [1.82, 2.24) is 29.4 Å². The van der Waals surface area contributed by atoms with Crippen LogP contribution in [0.1, 0.15) is 34.6 Å². The molecule has 0 unspecified atom stereocenters. The lowest BCUT2D eigenvalue weighted by Crippen LogP contribution is -2.21. The largest absolute Gasteiger partial charge is 0.481 e. The lowest BCUT2D eigenvalue weighted by Gasteiger charge is -2.14. The first-order chi connectivity index (χ1) is 20.3. The van der Waals surface area contributed by atoms with Crippen molar-refractivity contribution < 1.29 is 62.1 Å². The molecule has 0 saturated heterocycles. The first-order valence-corrected chi connectivity index (χ1v) is 17.0. The molecular formula is C22H50N6O14S3. The van der Waals surface area contributed by atoms with Gasteiger partial charge in [0.1, 0.15) is 0 Å². The van der Waals surface area contributed by atoms with Gasteiger partial charge in [0, 0.05) is 84.9 Å². The predicted molar refractivity (Wildman–Crippen MR) is 167 cm³/mol. The van der Waals surface area contributed by atoms with Crippen molar-refractivity contribution >= 4 is 37.2 Å². The molecule has 23 heteroatoms. The third-order valence-electron chi connectivity index (χ3n) is 4.30. The SMILES string of the molecule is CC(=O)O.CCN1C=CN(C)C1.CCN1C=CN(C)C1.CCN1C=CN(C)C1.CCOS(=O)(=O)O.O=S(=O)(O)O.O=S(=O)(O)O. The van der Waals surface area contributed by atoms with E-state index in [0.717, 1.165) is 46.6 Å². The molecule has 0 spiro atoms. The quantitative estimate of drug-likeness (QED) is 0.213. The van der Waals surface area contributed by atoms with Crippen LogP contribution in [0.2, 0.25) is 0 Å². The molecule has 0 amide bonds. The molecule has 0 saturated carbocycles. The fourth-order valence-corrected chi connectivity index (χ4v) is 2.83. The van der Waals surface area contributed by atoms with Gasteiger partial charge in [-0.25, -0.2) is 4.18 Å². The monoisotopic (exact) mass is 718 g/mol. The zero-order chi connectivity index (χ0) is 36.4. The molecule has 0 aromatic rings. The minimum Gasteiger partial charge on any atom is -0.481 e. The maximum Gasteiger partial charge on any atom is 0.397 e. The van der Waals surface area contributed by atoms with Gasteiger partial charge in [0.15, 0.2) is 0 Å². The highest BCUT2D eigenvalue weighted by atomic mass is 32.3. The number of carbonyl (C=O) groups is 1. The zero-order valence-corrected chi connectivity index (χ0v) is 29.2. The fourth-order valence-electron chi connectivity index (χ4n) is 2.53. The molecule has 0 aliphatic carbocycles. The second kappa shape index (κ2) is 26.3. The van der Waals surface area contributed by atoms with E-state index in [1.165, 1.54) is 6.92 Å². The van der Waals surface area contributed by atoms with E-state index < -0.39 is 37.2 Å². The Labute approximate surface area is 267 Å². The van der Waals surface area contributed by atoms with Crippen LogP contribution in [0.4, 0.5) is 0 Å². The van der Waals surface area contributed by atoms with Gasteiger partial charge in [-0.2, -0.15) is 25.3 Å². The third-order valence-corrected chi connectivity index (χ3v) is 4.83. The maximum absolute atomic E-state index is 9.56. The van der Waals surface area contributed by atoms with Crippen LogP contribution in [0.15, 0.2) is 37.2 Å². The van der Waals surface area contributed by atoms with E-state index in [2.05, 4.69) is 113 Å². The third kappa shape index (κ3) is 54.0. The Morgan fingerprint density at radius 1 is 0.600 bits per heavy atom. The summed E-state index contributed by atoms with van der Waals surface area (Å²) in [4.78, 5) is 22.2. The van der Waals surface area contributed by atoms with Gasteiger partial charge >= 0.3 is 31.2 Å². The van der Waals surface area contributed by atoms with Crippen LogP contribution in [-0.4, -0.2) is 156 Å². The molecule has 3 heterocycles. The van der Waals surface area contributed by atoms with Crippen molar-refractivity contribution in [3.63, 3.8) is 0 Å². The van der Waals surface area contributed by atoms with E-state index in [-0.39, 0.29) is 6.61 Å². The van der Waals surface area contributed by atoms with E-state index in [1.54, 1.807) is 0 Å². The number of hydrogen-bond acceptors (Lipinski definition) is 14. The minimum absolute atomic E-state index is 0.0289. The Hall–Kier alpha value is -2.90. The van der Waals surface area contributed by atoms with Crippen LogP contribution in [0.25, 0.3) is 0 Å². The lowest BCUT2D eigenvalue weighted by molar-refractivity contribution is -0.134. The fraction of sp³-hybridized carbons (Fsp3) is 0.682. The number of carboxylic acid groups (broad SMARTS) is 1. The maximum atomic E-state index is 9.56. The van der Waals surface area contributed by atoms with E-state index in [1.807, 2.05) is 0 Å². The average Bonchev–Trinajstić information content (AvgIpc) is 3.58. The van der Waals surface area contributed by atoms with E-state index in [9.17, 15) is 8.42 Å². The molecule has 270 valence electrons. The van der Waals surface area contributed by atoms with E-state index >= 15 is 0 Å². The molecule has 0 radical (unpaired) electrons. The van der Waals surface area contributed by atoms with Crippen LogP contribution < -0.4 is 0 Å². The van der Waals surface area contributed by atoms with Crippen LogP contribution in [0.5, 0.6) is 0 Å². The summed E-state index contributed by atoms with van der Waals surface area (Å²) >= 11 is 0. The number of hydrogen-bond donors (Lipinski definition) is 6.